The van der Waals surface area contributed by atoms with E-state index in [0.29, 0.717) is 12.3 Å². The minimum Gasteiger partial charge on any atom is -0.495 e. The number of rotatable bonds is 14. The third-order valence-electron chi connectivity index (χ3n) is 6.75. The number of nitrogens with zero attached hydrogens (tertiary/aromatic N) is 2. The number of anilines is 1. The number of hydrogen-bond donors (Lipinski definition) is 1. The SMILES string of the molecule is COc1ccc(S(=O)(=O)N(CC(=O)N(Cc2ccc(Br)cc2)[C@H](C)C(=O)NCC(C)C)c2cc(Cl)ccc2OC)cc1OC. The fraction of sp³-hybridized carbons (Fsp3) is 0.355. The van der Waals surface area contributed by atoms with Crippen LogP contribution in [-0.2, 0) is 26.2 Å². The molecule has 44 heavy (non-hydrogen) atoms. The van der Waals surface area contributed by atoms with Crippen molar-refractivity contribution >= 4 is 55.1 Å². The molecule has 3 aromatic carbocycles. The van der Waals surface area contributed by atoms with Gasteiger partial charge in [0.05, 0.1) is 31.9 Å². The average molecular weight is 711 g/mol. The zero-order chi connectivity index (χ0) is 32.6. The zero-order valence-corrected chi connectivity index (χ0v) is 28.6. The number of benzene rings is 3. The molecule has 1 N–H and O–H groups in total. The first-order valence-electron chi connectivity index (χ1n) is 13.7. The number of amides is 2. The fourth-order valence-electron chi connectivity index (χ4n) is 4.30. The summed E-state index contributed by atoms with van der Waals surface area (Å²) in [6, 6.07) is 15.0. The maximum Gasteiger partial charge on any atom is 0.265 e. The molecule has 0 heterocycles. The van der Waals surface area contributed by atoms with Gasteiger partial charge in [-0.3, -0.25) is 13.9 Å². The standard InChI is InChI=1S/C31H37BrClN3O7S/c1-20(2)17-34-31(38)21(3)35(18-22-7-9-23(32)10-8-22)30(37)19-36(26-15-24(33)11-13-27(26)41-4)44(39,40)25-12-14-28(42-5)29(16-25)43-6/h7-16,20-21H,17-19H2,1-6H3,(H,34,38)/t21-/m1/s1. The second-order valence-corrected chi connectivity index (χ2v) is 13.5. The lowest BCUT2D eigenvalue weighted by Gasteiger charge is -2.32. The van der Waals surface area contributed by atoms with Gasteiger partial charge < -0.3 is 24.4 Å². The van der Waals surface area contributed by atoms with Crippen LogP contribution < -0.4 is 23.8 Å². The van der Waals surface area contributed by atoms with Gasteiger partial charge in [-0.15, -0.1) is 0 Å². The van der Waals surface area contributed by atoms with Crippen LogP contribution in [-0.4, -0.2) is 65.6 Å². The van der Waals surface area contributed by atoms with Crippen LogP contribution in [0.25, 0.3) is 0 Å². The number of halogens is 2. The summed E-state index contributed by atoms with van der Waals surface area (Å²) in [5.74, 6) is -0.0980. The highest BCUT2D eigenvalue weighted by atomic mass is 79.9. The minimum absolute atomic E-state index is 0.0450. The van der Waals surface area contributed by atoms with Crippen molar-refractivity contribution in [2.24, 2.45) is 5.92 Å². The van der Waals surface area contributed by atoms with E-state index in [0.717, 1.165) is 14.3 Å². The maximum absolute atomic E-state index is 14.3. The number of carbonyl (C=O) groups is 2. The first kappa shape index (κ1) is 35.0. The maximum atomic E-state index is 14.3. The van der Waals surface area contributed by atoms with E-state index in [2.05, 4.69) is 21.2 Å². The van der Waals surface area contributed by atoms with E-state index in [1.54, 1.807) is 13.0 Å². The number of sulfonamides is 1. The molecule has 0 aliphatic heterocycles. The molecular formula is C31H37BrClN3O7S. The molecule has 0 unspecified atom stereocenters. The van der Waals surface area contributed by atoms with Crippen molar-refractivity contribution in [1.82, 2.24) is 10.2 Å². The summed E-state index contributed by atoms with van der Waals surface area (Å²) in [6.45, 7) is 5.35. The van der Waals surface area contributed by atoms with Gasteiger partial charge in [0.25, 0.3) is 10.0 Å². The van der Waals surface area contributed by atoms with Crippen LogP contribution >= 0.6 is 27.5 Å². The molecule has 0 aromatic heterocycles. The molecule has 2 amide bonds. The molecule has 0 spiro atoms. The van der Waals surface area contributed by atoms with Gasteiger partial charge in [0.1, 0.15) is 18.3 Å². The van der Waals surface area contributed by atoms with Crippen molar-refractivity contribution in [3.63, 3.8) is 0 Å². The van der Waals surface area contributed by atoms with Crippen LogP contribution in [0, 0.1) is 5.92 Å². The Bertz CT molecular complexity index is 1570. The summed E-state index contributed by atoms with van der Waals surface area (Å²) >= 11 is 9.72. The van der Waals surface area contributed by atoms with Crippen molar-refractivity contribution in [2.75, 3.05) is 38.7 Å². The molecular weight excluding hydrogens is 674 g/mol. The van der Waals surface area contributed by atoms with E-state index < -0.39 is 28.5 Å². The van der Waals surface area contributed by atoms with Gasteiger partial charge in [-0.25, -0.2) is 8.42 Å². The summed E-state index contributed by atoms with van der Waals surface area (Å²) in [5.41, 5.74) is 0.795. The van der Waals surface area contributed by atoms with Gasteiger partial charge >= 0.3 is 0 Å². The van der Waals surface area contributed by atoms with Crippen LogP contribution in [0.2, 0.25) is 5.02 Å². The topological polar surface area (TPSA) is 114 Å². The van der Waals surface area contributed by atoms with Gasteiger partial charge in [0.2, 0.25) is 11.8 Å². The summed E-state index contributed by atoms with van der Waals surface area (Å²) in [6.07, 6.45) is 0. The largest absolute Gasteiger partial charge is 0.495 e. The Morgan fingerprint density at radius 3 is 2.09 bits per heavy atom. The van der Waals surface area contributed by atoms with Crippen molar-refractivity contribution < 1.29 is 32.2 Å². The molecule has 10 nitrogen and oxygen atoms in total. The zero-order valence-electron chi connectivity index (χ0n) is 25.5. The third-order valence-corrected chi connectivity index (χ3v) is 9.27. The number of hydrogen-bond acceptors (Lipinski definition) is 7. The fourth-order valence-corrected chi connectivity index (χ4v) is 6.16. The van der Waals surface area contributed by atoms with E-state index in [1.807, 2.05) is 38.1 Å². The van der Waals surface area contributed by atoms with Crippen molar-refractivity contribution in [1.29, 1.82) is 0 Å². The summed E-state index contributed by atoms with van der Waals surface area (Å²) in [7, 11) is -0.218. The molecule has 13 heteroatoms. The lowest BCUT2D eigenvalue weighted by molar-refractivity contribution is -0.139. The Balaban J connectivity index is 2.13. The smallest absolute Gasteiger partial charge is 0.265 e. The molecule has 3 aromatic rings. The molecule has 0 radical (unpaired) electrons. The van der Waals surface area contributed by atoms with E-state index in [1.165, 1.54) is 56.6 Å². The molecule has 0 aliphatic carbocycles. The van der Waals surface area contributed by atoms with Crippen molar-refractivity contribution in [3.05, 3.63) is 75.7 Å². The van der Waals surface area contributed by atoms with Gasteiger partial charge in [-0.2, -0.15) is 0 Å². The average Bonchev–Trinajstić information content (AvgIpc) is 3.01. The third kappa shape index (κ3) is 8.58. The summed E-state index contributed by atoms with van der Waals surface area (Å²) < 4.78 is 46.4. The number of ether oxygens (including phenoxy) is 3. The lowest BCUT2D eigenvalue weighted by atomic mass is 10.1. The van der Waals surface area contributed by atoms with E-state index in [4.69, 9.17) is 25.8 Å². The predicted molar refractivity (Wildman–Crippen MR) is 174 cm³/mol. The normalized spacial score (nSPS) is 11.9. The lowest BCUT2D eigenvalue weighted by Crippen LogP contribution is -2.51. The van der Waals surface area contributed by atoms with Crippen LogP contribution in [0.15, 0.2) is 70.0 Å². The minimum atomic E-state index is -4.43. The highest BCUT2D eigenvalue weighted by molar-refractivity contribution is 9.10. The Morgan fingerprint density at radius 1 is 0.886 bits per heavy atom. The molecule has 238 valence electrons. The first-order chi connectivity index (χ1) is 20.8. The molecule has 0 saturated heterocycles. The van der Waals surface area contributed by atoms with Gasteiger partial charge in [0, 0.05) is 28.7 Å². The first-order valence-corrected chi connectivity index (χ1v) is 16.3. The molecule has 1 atom stereocenters. The van der Waals surface area contributed by atoms with Crippen LogP contribution in [0.4, 0.5) is 5.69 Å². The molecule has 0 bridgehead atoms. The molecule has 0 saturated carbocycles. The van der Waals surface area contributed by atoms with Crippen LogP contribution in [0.1, 0.15) is 26.3 Å². The predicted octanol–water partition coefficient (Wildman–Crippen LogP) is 5.51. The number of carbonyl (C=O) groups excluding carboxylic acids is 2. The molecule has 0 aliphatic rings. The Kier molecular flexibility index (Phi) is 12.3. The second-order valence-electron chi connectivity index (χ2n) is 10.3. The Hall–Kier alpha value is -3.48. The highest BCUT2D eigenvalue weighted by Crippen LogP contribution is 2.37. The quantitative estimate of drug-likeness (QED) is 0.235. The Morgan fingerprint density at radius 2 is 1.50 bits per heavy atom. The number of nitrogens with one attached hydrogen (secondary N) is 1. The van der Waals surface area contributed by atoms with E-state index in [-0.39, 0.29) is 45.5 Å². The van der Waals surface area contributed by atoms with E-state index in [9.17, 15) is 18.0 Å². The van der Waals surface area contributed by atoms with Crippen LogP contribution in [0.5, 0.6) is 17.2 Å². The van der Waals surface area contributed by atoms with Crippen LogP contribution in [0.3, 0.4) is 0 Å². The summed E-state index contributed by atoms with van der Waals surface area (Å²) in [4.78, 5) is 28.6. The highest BCUT2D eigenvalue weighted by Gasteiger charge is 2.34. The molecule has 0 fully saturated rings. The van der Waals surface area contributed by atoms with E-state index >= 15 is 0 Å². The Labute approximate surface area is 272 Å². The van der Waals surface area contributed by atoms with Gasteiger partial charge in [0.15, 0.2) is 11.5 Å². The van der Waals surface area contributed by atoms with Gasteiger partial charge in [-0.05, 0) is 60.9 Å². The van der Waals surface area contributed by atoms with Crippen molar-refractivity contribution in [3.8, 4) is 17.2 Å². The van der Waals surface area contributed by atoms with Gasteiger partial charge in [-0.1, -0.05) is 53.5 Å². The number of methoxy groups -OCH3 is 3. The second kappa shape index (κ2) is 15.5. The monoisotopic (exact) mass is 709 g/mol. The van der Waals surface area contributed by atoms with Crippen molar-refractivity contribution in [2.45, 2.75) is 38.3 Å². The molecule has 3 rings (SSSR count). The summed E-state index contributed by atoms with van der Waals surface area (Å²) in [5, 5.41) is 3.10.